The Bertz CT molecular complexity index is 974. The summed E-state index contributed by atoms with van der Waals surface area (Å²) in [5.74, 6) is -2.05. The number of piperazine rings is 1. The number of nitrogens with one attached hydrogen (secondary N) is 1. The molecule has 28 heavy (non-hydrogen) atoms. The number of rotatable bonds is 5. The van der Waals surface area contributed by atoms with E-state index in [2.05, 4.69) is 10.2 Å². The lowest BCUT2D eigenvalue weighted by atomic mass is 10.1. The van der Waals surface area contributed by atoms with Crippen LogP contribution in [0.1, 0.15) is 15.9 Å². The monoisotopic (exact) mass is 409 g/mol. The topological polar surface area (TPSA) is 69.7 Å². The summed E-state index contributed by atoms with van der Waals surface area (Å²) in [5.41, 5.74) is 1.16. The normalized spacial score (nSPS) is 16.1. The van der Waals surface area contributed by atoms with Gasteiger partial charge in [-0.25, -0.2) is 17.2 Å². The number of carbonyl (C=O) groups is 1. The van der Waals surface area contributed by atoms with Crippen molar-refractivity contribution in [3.05, 3.63) is 65.2 Å². The first-order chi connectivity index (χ1) is 13.2. The Kier molecular flexibility index (Phi) is 6.07. The highest BCUT2D eigenvalue weighted by molar-refractivity contribution is 7.88. The van der Waals surface area contributed by atoms with Gasteiger partial charge in [0.1, 0.15) is 11.6 Å². The molecule has 0 aromatic heterocycles. The molecule has 3 rings (SSSR count). The van der Waals surface area contributed by atoms with E-state index in [1.165, 1.54) is 16.6 Å². The fraction of sp³-hybridized carbons (Fsp3) is 0.316. The van der Waals surface area contributed by atoms with Crippen LogP contribution in [0.15, 0.2) is 42.5 Å². The van der Waals surface area contributed by atoms with Crippen molar-refractivity contribution in [2.45, 2.75) is 6.54 Å². The molecule has 0 unspecified atom stereocenters. The van der Waals surface area contributed by atoms with Crippen molar-refractivity contribution in [2.75, 3.05) is 37.8 Å². The number of hydrogen-bond acceptors (Lipinski definition) is 4. The van der Waals surface area contributed by atoms with E-state index in [9.17, 15) is 22.0 Å². The number of halogens is 2. The van der Waals surface area contributed by atoms with E-state index in [-0.39, 0.29) is 5.69 Å². The van der Waals surface area contributed by atoms with Gasteiger partial charge >= 0.3 is 0 Å². The Balaban J connectivity index is 1.63. The standard InChI is InChI=1S/C19H21F2N3O3S/c1-28(26,27)24-9-7-23(8-10-24)13-14-3-2-4-15(11-14)19(25)22-18-6-5-16(20)12-17(18)21/h2-6,11-12H,7-10,13H2,1H3,(H,22,25). The molecule has 2 aromatic rings. The highest BCUT2D eigenvalue weighted by atomic mass is 32.2. The zero-order valence-electron chi connectivity index (χ0n) is 15.4. The number of hydrogen-bond donors (Lipinski definition) is 1. The molecule has 9 heteroatoms. The maximum atomic E-state index is 13.7. The summed E-state index contributed by atoms with van der Waals surface area (Å²) in [7, 11) is -3.18. The van der Waals surface area contributed by atoms with Gasteiger partial charge in [0.15, 0.2) is 0 Å². The molecule has 1 aliphatic heterocycles. The van der Waals surface area contributed by atoms with Crippen molar-refractivity contribution < 1.29 is 22.0 Å². The molecule has 150 valence electrons. The Morgan fingerprint density at radius 2 is 1.79 bits per heavy atom. The van der Waals surface area contributed by atoms with Crippen LogP contribution >= 0.6 is 0 Å². The van der Waals surface area contributed by atoms with E-state index < -0.39 is 27.6 Å². The van der Waals surface area contributed by atoms with Crippen LogP contribution < -0.4 is 5.32 Å². The predicted octanol–water partition coefficient (Wildman–Crippen LogP) is 2.29. The minimum atomic E-state index is -3.18. The quantitative estimate of drug-likeness (QED) is 0.823. The summed E-state index contributed by atoms with van der Waals surface area (Å²) in [4.78, 5) is 14.5. The molecular weight excluding hydrogens is 388 g/mol. The number of amides is 1. The van der Waals surface area contributed by atoms with Gasteiger partial charge in [-0.15, -0.1) is 0 Å². The van der Waals surface area contributed by atoms with Crippen molar-refractivity contribution >= 4 is 21.6 Å². The first-order valence-electron chi connectivity index (χ1n) is 8.75. The summed E-state index contributed by atoms with van der Waals surface area (Å²) in [6.07, 6.45) is 1.20. The largest absolute Gasteiger partial charge is 0.319 e. The van der Waals surface area contributed by atoms with E-state index in [1.807, 2.05) is 6.07 Å². The first kappa shape index (κ1) is 20.4. The Hall–Kier alpha value is -2.36. The Morgan fingerprint density at radius 1 is 1.07 bits per heavy atom. The van der Waals surface area contributed by atoms with E-state index in [0.29, 0.717) is 44.4 Å². The zero-order chi connectivity index (χ0) is 20.3. The minimum absolute atomic E-state index is 0.0892. The smallest absolute Gasteiger partial charge is 0.255 e. The van der Waals surface area contributed by atoms with E-state index in [1.54, 1.807) is 18.2 Å². The van der Waals surface area contributed by atoms with Gasteiger partial charge in [-0.3, -0.25) is 9.69 Å². The summed E-state index contributed by atoms with van der Waals surface area (Å²) in [6.45, 7) is 2.64. The van der Waals surface area contributed by atoms with Crippen LogP contribution in [0.25, 0.3) is 0 Å². The van der Waals surface area contributed by atoms with Crippen molar-refractivity contribution in [3.63, 3.8) is 0 Å². The molecule has 2 aromatic carbocycles. The number of carbonyl (C=O) groups excluding carboxylic acids is 1. The van der Waals surface area contributed by atoms with Crippen molar-refractivity contribution in [3.8, 4) is 0 Å². The second-order valence-corrected chi connectivity index (χ2v) is 8.70. The first-order valence-corrected chi connectivity index (χ1v) is 10.6. The van der Waals surface area contributed by atoms with Crippen LogP contribution in [0, 0.1) is 11.6 Å². The number of nitrogens with zero attached hydrogens (tertiary/aromatic N) is 2. The maximum Gasteiger partial charge on any atom is 0.255 e. The highest BCUT2D eigenvalue weighted by Crippen LogP contribution is 2.17. The second kappa shape index (κ2) is 8.34. The average Bonchev–Trinajstić information content (AvgIpc) is 2.64. The fourth-order valence-electron chi connectivity index (χ4n) is 3.07. The average molecular weight is 409 g/mol. The van der Waals surface area contributed by atoms with Crippen LogP contribution in [0.2, 0.25) is 0 Å². The molecule has 1 heterocycles. The van der Waals surface area contributed by atoms with Gasteiger partial charge in [-0.2, -0.15) is 4.31 Å². The third-order valence-corrected chi connectivity index (χ3v) is 5.88. The maximum absolute atomic E-state index is 13.7. The minimum Gasteiger partial charge on any atom is -0.319 e. The van der Waals surface area contributed by atoms with Gasteiger partial charge in [0.05, 0.1) is 11.9 Å². The molecule has 0 aliphatic carbocycles. The molecule has 1 aliphatic rings. The van der Waals surface area contributed by atoms with Gasteiger partial charge in [0, 0.05) is 44.4 Å². The summed E-state index contributed by atoms with van der Waals surface area (Å²) >= 11 is 0. The molecule has 0 bridgehead atoms. The van der Waals surface area contributed by atoms with Crippen molar-refractivity contribution in [1.82, 2.24) is 9.21 Å². The van der Waals surface area contributed by atoms with Crippen LogP contribution in [0.4, 0.5) is 14.5 Å². The molecule has 1 saturated heterocycles. The van der Waals surface area contributed by atoms with Crippen LogP contribution in [-0.2, 0) is 16.6 Å². The number of sulfonamides is 1. The Morgan fingerprint density at radius 3 is 2.43 bits per heavy atom. The fourth-order valence-corrected chi connectivity index (χ4v) is 3.90. The molecule has 1 amide bonds. The lowest BCUT2D eigenvalue weighted by molar-refractivity contribution is 0.102. The predicted molar refractivity (Wildman–Crippen MR) is 102 cm³/mol. The van der Waals surface area contributed by atoms with Gasteiger partial charge in [-0.05, 0) is 29.8 Å². The SMILES string of the molecule is CS(=O)(=O)N1CCN(Cc2cccc(C(=O)Nc3ccc(F)cc3F)c2)CC1. The summed E-state index contributed by atoms with van der Waals surface area (Å²) < 4.78 is 51.3. The van der Waals surface area contributed by atoms with Crippen molar-refractivity contribution in [1.29, 1.82) is 0 Å². The molecule has 6 nitrogen and oxygen atoms in total. The van der Waals surface area contributed by atoms with Crippen LogP contribution in [-0.4, -0.2) is 56.0 Å². The lowest BCUT2D eigenvalue weighted by Crippen LogP contribution is -2.47. The zero-order valence-corrected chi connectivity index (χ0v) is 16.2. The van der Waals surface area contributed by atoms with Crippen molar-refractivity contribution in [2.24, 2.45) is 0 Å². The van der Waals surface area contributed by atoms with E-state index in [4.69, 9.17) is 0 Å². The third-order valence-electron chi connectivity index (χ3n) is 4.57. The second-order valence-electron chi connectivity index (χ2n) is 6.72. The molecule has 0 atom stereocenters. The van der Waals surface area contributed by atoms with Gasteiger partial charge in [0.25, 0.3) is 5.91 Å². The summed E-state index contributed by atoms with van der Waals surface area (Å²) in [6, 6.07) is 9.89. The number of benzene rings is 2. The molecule has 1 fully saturated rings. The molecule has 1 N–H and O–H groups in total. The molecule has 0 spiro atoms. The van der Waals surface area contributed by atoms with Gasteiger partial charge in [-0.1, -0.05) is 12.1 Å². The summed E-state index contributed by atoms with van der Waals surface area (Å²) in [5, 5.41) is 2.44. The number of anilines is 1. The molecular formula is C19H21F2N3O3S. The molecule has 0 saturated carbocycles. The third kappa shape index (κ3) is 5.12. The molecule has 0 radical (unpaired) electrons. The van der Waals surface area contributed by atoms with E-state index >= 15 is 0 Å². The van der Waals surface area contributed by atoms with Gasteiger partial charge < -0.3 is 5.32 Å². The van der Waals surface area contributed by atoms with Gasteiger partial charge in [0.2, 0.25) is 10.0 Å². The van der Waals surface area contributed by atoms with E-state index in [0.717, 1.165) is 11.6 Å². The Labute approximate surface area is 162 Å². The highest BCUT2D eigenvalue weighted by Gasteiger charge is 2.23. The van der Waals surface area contributed by atoms with Crippen LogP contribution in [0.3, 0.4) is 0 Å². The van der Waals surface area contributed by atoms with Crippen LogP contribution in [0.5, 0.6) is 0 Å². The lowest BCUT2D eigenvalue weighted by Gasteiger charge is -2.33.